The molecule has 3 aliphatic rings. The van der Waals surface area contributed by atoms with E-state index in [-0.39, 0.29) is 0 Å². The van der Waals surface area contributed by atoms with Gasteiger partial charge >= 0.3 is 0 Å². The molecule has 2 aromatic carbocycles. The maximum atomic E-state index is 8.49. The van der Waals surface area contributed by atoms with Gasteiger partial charge in [-0.3, -0.25) is 0 Å². The summed E-state index contributed by atoms with van der Waals surface area (Å²) in [4.78, 5) is 0. The van der Waals surface area contributed by atoms with Crippen molar-refractivity contribution in [3.8, 4) is 0 Å². The molecule has 0 aromatic heterocycles. The number of ether oxygens (including phenoxy) is 1. The van der Waals surface area contributed by atoms with Gasteiger partial charge in [0.25, 0.3) is 0 Å². The zero-order valence-electron chi connectivity index (χ0n) is 19.3. The summed E-state index contributed by atoms with van der Waals surface area (Å²) in [6.07, 6.45) is 15.8. The molecule has 0 fully saturated rings. The molecule has 6 nitrogen and oxygen atoms in total. The largest absolute Gasteiger partial charge is 0.456 e. The summed E-state index contributed by atoms with van der Waals surface area (Å²) in [6, 6.07) is 19.1. The molecule has 0 N–H and O–H groups in total. The molecule has 0 amide bonds. The number of nitrogens with zero attached hydrogens (tertiary/aromatic N) is 1. The topological polar surface area (TPSA) is 104 Å². The van der Waals surface area contributed by atoms with Gasteiger partial charge in [-0.05, 0) is 46.6 Å². The Hall–Kier alpha value is -3.52. The second-order valence-corrected chi connectivity index (χ2v) is 9.02. The normalized spacial score (nSPS) is 17.3. The number of halogens is 1. The van der Waals surface area contributed by atoms with E-state index >= 15 is 0 Å². The van der Waals surface area contributed by atoms with Crippen LogP contribution in [0.15, 0.2) is 114 Å². The lowest BCUT2D eigenvalue weighted by Crippen LogP contribution is -2.68. The maximum absolute atomic E-state index is 8.49. The second kappa shape index (κ2) is 10.4. The van der Waals surface area contributed by atoms with Gasteiger partial charge in [-0.25, -0.2) is 23.2 Å². The molecular formula is C28H24ClNO5. The SMILES string of the molecule is C[N+](C)=C1C=CC(=C/C=C2\C=C(c3ccccc3)C3=C(O2)c2ccccc2C3)C=C1.[O-][Cl+3]([O-])([O-])[O-]. The first-order chi connectivity index (χ1) is 16.7. The van der Waals surface area contributed by atoms with Crippen molar-refractivity contribution in [2.75, 3.05) is 14.1 Å². The summed E-state index contributed by atoms with van der Waals surface area (Å²) >= 11 is 0. The molecule has 2 aliphatic carbocycles. The van der Waals surface area contributed by atoms with E-state index in [2.05, 4.69) is 116 Å². The van der Waals surface area contributed by atoms with Gasteiger partial charge in [0.2, 0.25) is 0 Å². The van der Waals surface area contributed by atoms with Crippen LogP contribution in [-0.2, 0) is 11.2 Å². The van der Waals surface area contributed by atoms with Gasteiger partial charge in [0, 0.05) is 29.7 Å². The third kappa shape index (κ3) is 6.33. The first-order valence-electron chi connectivity index (χ1n) is 10.9. The first-order valence-corrected chi connectivity index (χ1v) is 12.1. The minimum absolute atomic E-state index is 0.862. The molecule has 0 saturated heterocycles. The third-order valence-corrected chi connectivity index (χ3v) is 5.67. The van der Waals surface area contributed by atoms with Crippen LogP contribution in [-0.4, -0.2) is 24.4 Å². The van der Waals surface area contributed by atoms with Crippen LogP contribution in [0.3, 0.4) is 0 Å². The Morgan fingerprint density at radius 2 is 1.46 bits per heavy atom. The van der Waals surface area contributed by atoms with Gasteiger partial charge < -0.3 is 4.74 Å². The van der Waals surface area contributed by atoms with Crippen molar-refractivity contribution in [3.05, 3.63) is 131 Å². The molecule has 35 heavy (non-hydrogen) atoms. The van der Waals surface area contributed by atoms with Crippen molar-refractivity contribution >= 4 is 17.0 Å². The van der Waals surface area contributed by atoms with E-state index in [1.54, 1.807) is 0 Å². The number of allylic oxidation sites excluding steroid dienone is 10. The predicted molar refractivity (Wildman–Crippen MR) is 124 cm³/mol. The summed E-state index contributed by atoms with van der Waals surface area (Å²) in [5, 5.41) is 0. The van der Waals surface area contributed by atoms with Gasteiger partial charge in [-0.1, -0.05) is 60.7 Å². The molecule has 5 rings (SSSR count). The van der Waals surface area contributed by atoms with Gasteiger partial charge in [0.15, 0.2) is 5.71 Å². The number of fused-ring (bicyclic) bond motifs is 2. The molecule has 1 aliphatic heterocycles. The highest BCUT2D eigenvalue weighted by Crippen LogP contribution is 2.44. The second-order valence-electron chi connectivity index (χ2n) is 8.27. The Bertz CT molecular complexity index is 1310. The molecule has 0 atom stereocenters. The lowest BCUT2D eigenvalue weighted by Gasteiger charge is -2.20. The summed E-state index contributed by atoms with van der Waals surface area (Å²) in [5.41, 5.74) is 8.62. The highest BCUT2D eigenvalue weighted by Gasteiger charge is 2.29. The number of hydrogen-bond donors (Lipinski definition) is 0. The number of benzene rings is 2. The van der Waals surface area contributed by atoms with Crippen molar-refractivity contribution in [2.24, 2.45) is 0 Å². The van der Waals surface area contributed by atoms with Gasteiger partial charge in [-0.15, -0.1) is 10.2 Å². The van der Waals surface area contributed by atoms with Crippen LogP contribution in [0.1, 0.15) is 16.7 Å². The van der Waals surface area contributed by atoms with Crippen molar-refractivity contribution < 1.29 is 38.2 Å². The zero-order valence-corrected chi connectivity index (χ0v) is 20.1. The fraction of sp³-hybridized carbons (Fsp3) is 0.107. The van der Waals surface area contributed by atoms with Crippen LogP contribution in [0.25, 0.3) is 11.3 Å². The van der Waals surface area contributed by atoms with E-state index in [1.807, 2.05) is 0 Å². The van der Waals surface area contributed by atoms with Crippen LogP contribution in [0.2, 0.25) is 0 Å². The monoisotopic (exact) mass is 489 g/mol. The molecule has 7 heteroatoms. The average Bonchev–Trinajstić information content (AvgIpc) is 3.21. The molecule has 0 spiro atoms. The lowest BCUT2D eigenvalue weighted by molar-refractivity contribution is -2.00. The summed E-state index contributed by atoms with van der Waals surface area (Å²) < 4.78 is 42.5. The van der Waals surface area contributed by atoms with Crippen LogP contribution in [0, 0.1) is 10.2 Å². The van der Waals surface area contributed by atoms with Gasteiger partial charge in [-0.2, -0.15) is 0 Å². The van der Waals surface area contributed by atoms with Crippen molar-refractivity contribution in [3.63, 3.8) is 0 Å². The van der Waals surface area contributed by atoms with E-state index in [0.717, 1.165) is 23.5 Å². The summed E-state index contributed by atoms with van der Waals surface area (Å²) in [6.45, 7) is 0. The molecule has 178 valence electrons. The maximum Gasteiger partial charge on any atom is 0.199 e. The Morgan fingerprint density at radius 3 is 2.11 bits per heavy atom. The number of hydrogen-bond acceptors (Lipinski definition) is 5. The number of rotatable bonds is 2. The van der Waals surface area contributed by atoms with Crippen LogP contribution >= 0.6 is 0 Å². The van der Waals surface area contributed by atoms with E-state index in [0.29, 0.717) is 0 Å². The van der Waals surface area contributed by atoms with Crippen LogP contribution in [0.5, 0.6) is 0 Å². The smallest absolute Gasteiger partial charge is 0.199 e. The molecular weight excluding hydrogens is 466 g/mol. The average molecular weight is 490 g/mol. The van der Waals surface area contributed by atoms with E-state index < -0.39 is 10.2 Å². The van der Waals surface area contributed by atoms with E-state index in [4.69, 9.17) is 23.4 Å². The highest BCUT2D eigenvalue weighted by molar-refractivity contribution is 6.02. The van der Waals surface area contributed by atoms with Crippen molar-refractivity contribution in [1.82, 2.24) is 0 Å². The lowest BCUT2D eigenvalue weighted by atomic mass is 9.94. The summed E-state index contributed by atoms with van der Waals surface area (Å²) in [5.74, 6) is 1.86. The van der Waals surface area contributed by atoms with Crippen LogP contribution < -0.4 is 18.6 Å². The molecule has 0 bridgehead atoms. The Kier molecular flexibility index (Phi) is 7.31. The van der Waals surface area contributed by atoms with Gasteiger partial charge in [0.05, 0.1) is 0 Å². The van der Waals surface area contributed by atoms with Crippen molar-refractivity contribution in [1.29, 1.82) is 0 Å². The van der Waals surface area contributed by atoms with Crippen LogP contribution in [0.4, 0.5) is 0 Å². The first kappa shape index (κ1) is 24.6. The standard InChI is InChI=1S/C28H24NO.ClHO4/c1-29(2)23-15-12-20(13-16-23)14-17-24-19-26(21-8-4-3-5-9-21)27-18-22-10-6-7-11-25(22)28(27)30-24;2-1(3,4)5/h3-17,19H,18H2,1-2H3;(H,2,3,4,5)/q+1;/p-1/b24-17+;. The summed E-state index contributed by atoms with van der Waals surface area (Å²) in [7, 11) is -0.839. The highest BCUT2D eigenvalue weighted by atomic mass is 35.7. The minimum Gasteiger partial charge on any atom is -0.456 e. The fourth-order valence-corrected chi connectivity index (χ4v) is 4.06. The minimum atomic E-state index is -4.94. The Balaban J connectivity index is 0.000000527. The fourth-order valence-electron chi connectivity index (χ4n) is 4.06. The molecule has 2 aromatic rings. The molecule has 0 radical (unpaired) electrons. The van der Waals surface area contributed by atoms with Gasteiger partial charge in [0.1, 0.15) is 25.6 Å². The Labute approximate surface area is 206 Å². The van der Waals surface area contributed by atoms with E-state index in [9.17, 15) is 0 Å². The molecule has 0 unspecified atom stereocenters. The predicted octanol–water partition coefficient (Wildman–Crippen LogP) is 0.961. The zero-order chi connectivity index (χ0) is 25.0. The quantitative estimate of drug-likeness (QED) is 0.584. The molecule has 1 heterocycles. The molecule has 0 saturated carbocycles. The van der Waals surface area contributed by atoms with Crippen molar-refractivity contribution in [2.45, 2.75) is 6.42 Å². The third-order valence-electron chi connectivity index (χ3n) is 5.67. The van der Waals surface area contributed by atoms with E-state index in [1.165, 1.54) is 33.5 Å². The Morgan fingerprint density at radius 1 is 0.829 bits per heavy atom.